The molecule has 0 aromatic rings. The summed E-state index contributed by atoms with van der Waals surface area (Å²) >= 11 is 0. The molecule has 2 fully saturated rings. The predicted octanol–water partition coefficient (Wildman–Crippen LogP) is -0.944. The van der Waals surface area contributed by atoms with Crippen LogP contribution in [0.2, 0.25) is 0 Å². The lowest BCUT2D eigenvalue weighted by atomic mass is 10.3. The van der Waals surface area contributed by atoms with Gasteiger partial charge < -0.3 is 15.1 Å². The van der Waals surface area contributed by atoms with Crippen molar-refractivity contribution in [3.63, 3.8) is 0 Å². The Morgan fingerprint density at radius 1 is 1.00 bits per heavy atom. The van der Waals surface area contributed by atoms with E-state index in [1.165, 1.54) is 0 Å². The molecule has 1 amide bonds. The van der Waals surface area contributed by atoms with Gasteiger partial charge in [0.25, 0.3) is 0 Å². The second kappa shape index (κ2) is 6.33. The zero-order valence-corrected chi connectivity index (χ0v) is 10.8. The Kier molecular flexibility index (Phi) is 4.76. The van der Waals surface area contributed by atoms with Crippen LogP contribution in [-0.4, -0.2) is 86.1 Å². The summed E-state index contributed by atoms with van der Waals surface area (Å²) < 4.78 is 0. The fourth-order valence-electron chi connectivity index (χ4n) is 2.47. The van der Waals surface area contributed by atoms with Gasteiger partial charge in [-0.1, -0.05) is 6.92 Å². The second-order valence-corrected chi connectivity index (χ2v) is 4.84. The van der Waals surface area contributed by atoms with Crippen LogP contribution in [0.1, 0.15) is 6.92 Å². The third-order valence-corrected chi connectivity index (χ3v) is 3.74. The third kappa shape index (κ3) is 3.66. The van der Waals surface area contributed by atoms with Crippen LogP contribution in [0.5, 0.6) is 0 Å². The Morgan fingerprint density at radius 2 is 1.59 bits per heavy atom. The van der Waals surface area contributed by atoms with Gasteiger partial charge in [-0.15, -0.1) is 0 Å². The molecule has 0 bridgehead atoms. The normalized spacial score (nSPS) is 23.9. The summed E-state index contributed by atoms with van der Waals surface area (Å²) in [6, 6.07) is 0. The van der Waals surface area contributed by atoms with Crippen molar-refractivity contribution >= 4 is 5.91 Å². The first kappa shape index (κ1) is 12.8. The Balaban J connectivity index is 1.71. The summed E-state index contributed by atoms with van der Waals surface area (Å²) in [7, 11) is 0. The van der Waals surface area contributed by atoms with Crippen LogP contribution in [0.4, 0.5) is 0 Å². The minimum Gasteiger partial charge on any atom is -0.339 e. The molecule has 5 heteroatoms. The van der Waals surface area contributed by atoms with E-state index in [1.54, 1.807) is 0 Å². The molecular weight excluding hydrogens is 216 g/mol. The van der Waals surface area contributed by atoms with Crippen molar-refractivity contribution in [2.24, 2.45) is 0 Å². The van der Waals surface area contributed by atoms with Crippen molar-refractivity contribution in [3.8, 4) is 0 Å². The summed E-state index contributed by atoms with van der Waals surface area (Å²) in [5, 5.41) is 3.27. The van der Waals surface area contributed by atoms with Gasteiger partial charge in [-0.2, -0.15) is 0 Å². The average Bonchev–Trinajstić information content (AvgIpc) is 2.40. The molecule has 0 saturated carbocycles. The van der Waals surface area contributed by atoms with Gasteiger partial charge in [0.2, 0.25) is 5.91 Å². The van der Waals surface area contributed by atoms with E-state index in [-0.39, 0.29) is 0 Å². The third-order valence-electron chi connectivity index (χ3n) is 3.74. The van der Waals surface area contributed by atoms with E-state index in [2.05, 4.69) is 22.0 Å². The number of hydrogen-bond donors (Lipinski definition) is 1. The van der Waals surface area contributed by atoms with E-state index in [4.69, 9.17) is 0 Å². The lowest BCUT2D eigenvalue weighted by Gasteiger charge is -2.35. The van der Waals surface area contributed by atoms with Crippen molar-refractivity contribution < 1.29 is 4.79 Å². The average molecular weight is 240 g/mol. The van der Waals surface area contributed by atoms with E-state index in [0.717, 1.165) is 58.9 Å². The topological polar surface area (TPSA) is 38.8 Å². The SMILES string of the molecule is CCN1CCN(CC(=O)N2CCNCC2)CC1. The van der Waals surface area contributed by atoms with Gasteiger partial charge in [-0.05, 0) is 6.54 Å². The first-order chi connectivity index (χ1) is 8.29. The molecule has 0 unspecified atom stereocenters. The van der Waals surface area contributed by atoms with Crippen LogP contribution in [0.3, 0.4) is 0 Å². The molecule has 2 saturated heterocycles. The standard InChI is InChI=1S/C12H24N4O/c1-2-14-7-9-15(10-8-14)11-12(17)16-5-3-13-4-6-16/h13H,2-11H2,1H3. The lowest BCUT2D eigenvalue weighted by molar-refractivity contribution is -0.133. The molecule has 1 N–H and O–H groups in total. The Hall–Kier alpha value is -0.650. The zero-order chi connectivity index (χ0) is 12.1. The van der Waals surface area contributed by atoms with E-state index >= 15 is 0 Å². The molecule has 0 atom stereocenters. The van der Waals surface area contributed by atoms with Crippen molar-refractivity contribution in [2.45, 2.75) is 6.92 Å². The van der Waals surface area contributed by atoms with Gasteiger partial charge in [0.15, 0.2) is 0 Å². The summed E-state index contributed by atoms with van der Waals surface area (Å²) in [4.78, 5) is 18.8. The van der Waals surface area contributed by atoms with E-state index in [0.29, 0.717) is 12.5 Å². The molecule has 5 nitrogen and oxygen atoms in total. The molecule has 0 aromatic carbocycles. The summed E-state index contributed by atoms with van der Waals surface area (Å²) in [5.74, 6) is 0.302. The predicted molar refractivity (Wildman–Crippen MR) is 68.0 cm³/mol. The highest BCUT2D eigenvalue weighted by Crippen LogP contribution is 2.02. The Morgan fingerprint density at radius 3 is 2.18 bits per heavy atom. The van der Waals surface area contributed by atoms with Gasteiger partial charge in [0, 0.05) is 52.4 Å². The number of rotatable bonds is 3. The van der Waals surface area contributed by atoms with Gasteiger partial charge in [-0.25, -0.2) is 0 Å². The van der Waals surface area contributed by atoms with Crippen molar-refractivity contribution in [1.82, 2.24) is 20.0 Å². The van der Waals surface area contributed by atoms with Crippen molar-refractivity contribution in [2.75, 3.05) is 65.4 Å². The molecule has 0 aromatic heterocycles. The highest BCUT2D eigenvalue weighted by molar-refractivity contribution is 5.78. The smallest absolute Gasteiger partial charge is 0.236 e. The number of carbonyl (C=O) groups excluding carboxylic acids is 1. The minimum absolute atomic E-state index is 0.302. The molecular formula is C12H24N4O. The molecule has 0 radical (unpaired) electrons. The second-order valence-electron chi connectivity index (χ2n) is 4.84. The Labute approximate surface area is 104 Å². The highest BCUT2D eigenvalue weighted by Gasteiger charge is 2.21. The Bertz CT molecular complexity index is 245. The maximum absolute atomic E-state index is 12.1. The number of hydrogen-bond acceptors (Lipinski definition) is 4. The van der Waals surface area contributed by atoms with Gasteiger partial charge in [0.05, 0.1) is 6.54 Å². The van der Waals surface area contributed by atoms with Crippen LogP contribution in [-0.2, 0) is 4.79 Å². The summed E-state index contributed by atoms with van der Waals surface area (Å²) in [5.41, 5.74) is 0. The number of likely N-dealkylation sites (N-methyl/N-ethyl adjacent to an activating group) is 1. The zero-order valence-electron chi connectivity index (χ0n) is 10.8. The maximum atomic E-state index is 12.1. The number of carbonyl (C=O) groups is 1. The molecule has 2 aliphatic rings. The largest absolute Gasteiger partial charge is 0.339 e. The van der Waals surface area contributed by atoms with Crippen LogP contribution in [0.25, 0.3) is 0 Å². The fourth-order valence-corrected chi connectivity index (χ4v) is 2.47. The fraction of sp³-hybridized carbons (Fsp3) is 0.917. The van der Waals surface area contributed by atoms with Crippen LogP contribution in [0, 0.1) is 0 Å². The molecule has 2 rings (SSSR count). The quantitative estimate of drug-likeness (QED) is 0.691. The highest BCUT2D eigenvalue weighted by atomic mass is 16.2. The molecule has 2 heterocycles. The minimum atomic E-state index is 0.302. The first-order valence-electron chi connectivity index (χ1n) is 6.73. The maximum Gasteiger partial charge on any atom is 0.236 e. The number of nitrogens with one attached hydrogen (secondary N) is 1. The molecule has 2 aliphatic heterocycles. The lowest BCUT2D eigenvalue weighted by Crippen LogP contribution is -2.53. The number of piperazine rings is 2. The number of amides is 1. The van der Waals surface area contributed by atoms with Gasteiger partial charge in [-0.3, -0.25) is 9.69 Å². The van der Waals surface area contributed by atoms with Crippen LogP contribution < -0.4 is 5.32 Å². The molecule has 98 valence electrons. The van der Waals surface area contributed by atoms with Gasteiger partial charge in [0.1, 0.15) is 0 Å². The van der Waals surface area contributed by atoms with E-state index in [1.807, 2.05) is 4.90 Å². The van der Waals surface area contributed by atoms with Crippen molar-refractivity contribution in [3.05, 3.63) is 0 Å². The van der Waals surface area contributed by atoms with Crippen LogP contribution in [0.15, 0.2) is 0 Å². The monoisotopic (exact) mass is 240 g/mol. The molecule has 0 aliphatic carbocycles. The molecule has 17 heavy (non-hydrogen) atoms. The molecule has 0 spiro atoms. The van der Waals surface area contributed by atoms with Crippen molar-refractivity contribution in [1.29, 1.82) is 0 Å². The first-order valence-corrected chi connectivity index (χ1v) is 6.73. The number of nitrogens with zero attached hydrogens (tertiary/aromatic N) is 3. The summed E-state index contributed by atoms with van der Waals surface area (Å²) in [6.07, 6.45) is 0. The summed E-state index contributed by atoms with van der Waals surface area (Å²) in [6.45, 7) is 11.8. The van der Waals surface area contributed by atoms with Gasteiger partial charge >= 0.3 is 0 Å². The van der Waals surface area contributed by atoms with E-state index in [9.17, 15) is 4.79 Å². The van der Waals surface area contributed by atoms with Crippen LogP contribution >= 0.6 is 0 Å². The van der Waals surface area contributed by atoms with E-state index < -0.39 is 0 Å².